The predicted molar refractivity (Wildman–Crippen MR) is 75.4 cm³/mol. The van der Waals surface area contributed by atoms with Crippen LogP contribution in [0.4, 0.5) is 0 Å². The zero-order valence-corrected chi connectivity index (χ0v) is 10.9. The molecule has 0 bridgehead atoms. The fourth-order valence-electron chi connectivity index (χ4n) is 2.17. The molecule has 3 rings (SSSR count). The van der Waals surface area contributed by atoms with Gasteiger partial charge in [0.05, 0.1) is 5.56 Å². The minimum Gasteiger partial charge on any atom is -0.398 e. The SMILES string of the molecule is CC[n+]1cc(-c2ccccc2)oc1-c1ccccc1. The largest absolute Gasteiger partial charge is 0.398 e. The zero-order chi connectivity index (χ0) is 13.1. The minimum absolute atomic E-state index is 0.889. The molecule has 0 amide bonds. The third kappa shape index (κ3) is 2.29. The predicted octanol–water partition coefficient (Wildman–Crippen LogP) is 3.92. The number of aromatic nitrogens is 1. The van der Waals surface area contributed by atoms with Gasteiger partial charge in [0, 0.05) is 5.56 Å². The van der Waals surface area contributed by atoms with E-state index in [9.17, 15) is 0 Å². The van der Waals surface area contributed by atoms with Gasteiger partial charge in [-0.25, -0.2) is 0 Å². The molecule has 0 aliphatic rings. The van der Waals surface area contributed by atoms with Crippen molar-refractivity contribution in [3.8, 4) is 22.8 Å². The van der Waals surface area contributed by atoms with Crippen LogP contribution in [0.1, 0.15) is 6.92 Å². The van der Waals surface area contributed by atoms with Crippen molar-refractivity contribution in [2.45, 2.75) is 13.5 Å². The van der Waals surface area contributed by atoms with Gasteiger partial charge >= 0.3 is 5.89 Å². The first-order valence-corrected chi connectivity index (χ1v) is 6.52. The summed E-state index contributed by atoms with van der Waals surface area (Å²) in [6.45, 7) is 3.01. The molecule has 1 heterocycles. The molecular formula is C17H16NO+. The van der Waals surface area contributed by atoms with Crippen LogP contribution in [0, 0.1) is 0 Å². The molecule has 0 spiro atoms. The minimum atomic E-state index is 0.889. The molecule has 0 saturated carbocycles. The van der Waals surface area contributed by atoms with Crippen LogP contribution in [0.15, 0.2) is 71.3 Å². The van der Waals surface area contributed by atoms with Crippen molar-refractivity contribution in [3.05, 3.63) is 66.9 Å². The van der Waals surface area contributed by atoms with Crippen LogP contribution >= 0.6 is 0 Å². The number of benzene rings is 2. The fourth-order valence-corrected chi connectivity index (χ4v) is 2.17. The Morgan fingerprint density at radius 2 is 1.42 bits per heavy atom. The van der Waals surface area contributed by atoms with Gasteiger partial charge in [0.25, 0.3) is 0 Å². The van der Waals surface area contributed by atoms with Gasteiger partial charge in [-0.2, -0.15) is 4.57 Å². The van der Waals surface area contributed by atoms with Crippen LogP contribution in [-0.2, 0) is 6.54 Å². The average Bonchev–Trinajstić information content (AvgIpc) is 2.93. The molecule has 0 radical (unpaired) electrons. The van der Waals surface area contributed by atoms with Gasteiger partial charge in [0.1, 0.15) is 6.54 Å². The van der Waals surface area contributed by atoms with Gasteiger partial charge in [-0.1, -0.05) is 48.5 Å². The van der Waals surface area contributed by atoms with E-state index in [1.54, 1.807) is 0 Å². The van der Waals surface area contributed by atoms with E-state index in [4.69, 9.17) is 4.42 Å². The van der Waals surface area contributed by atoms with Crippen molar-refractivity contribution < 1.29 is 8.98 Å². The van der Waals surface area contributed by atoms with E-state index < -0.39 is 0 Å². The molecule has 19 heavy (non-hydrogen) atoms. The third-order valence-electron chi connectivity index (χ3n) is 3.16. The lowest BCUT2D eigenvalue weighted by atomic mass is 10.2. The number of oxazole rings is 1. The Balaban J connectivity index is 2.09. The van der Waals surface area contributed by atoms with Crippen molar-refractivity contribution in [2.75, 3.05) is 0 Å². The maximum Gasteiger partial charge on any atom is 0.381 e. The molecule has 0 fully saturated rings. The number of hydrogen-bond donors (Lipinski definition) is 0. The van der Waals surface area contributed by atoms with E-state index in [1.807, 2.05) is 36.4 Å². The molecule has 3 aromatic rings. The molecule has 2 nitrogen and oxygen atoms in total. The summed E-state index contributed by atoms with van der Waals surface area (Å²) in [6.07, 6.45) is 2.07. The Kier molecular flexibility index (Phi) is 3.15. The Hall–Kier alpha value is -2.35. The molecular weight excluding hydrogens is 234 g/mol. The molecule has 2 aromatic carbocycles. The fraction of sp³-hybridized carbons (Fsp3) is 0.118. The number of nitrogens with zero attached hydrogens (tertiary/aromatic N) is 1. The molecule has 94 valence electrons. The zero-order valence-electron chi connectivity index (χ0n) is 10.9. The summed E-state index contributed by atoms with van der Waals surface area (Å²) in [7, 11) is 0. The lowest BCUT2D eigenvalue weighted by molar-refractivity contribution is -0.684. The Labute approximate surface area is 112 Å². The van der Waals surface area contributed by atoms with Crippen LogP contribution in [0.25, 0.3) is 22.8 Å². The Bertz CT molecular complexity index is 656. The van der Waals surface area contributed by atoms with Gasteiger partial charge in [0.2, 0.25) is 12.0 Å². The first kappa shape index (κ1) is 11.7. The van der Waals surface area contributed by atoms with Crippen molar-refractivity contribution in [3.63, 3.8) is 0 Å². The van der Waals surface area contributed by atoms with Gasteiger partial charge in [-0.3, -0.25) is 0 Å². The smallest absolute Gasteiger partial charge is 0.381 e. The first-order chi connectivity index (χ1) is 9.38. The quantitative estimate of drug-likeness (QED) is 0.644. The van der Waals surface area contributed by atoms with Crippen LogP contribution in [0.3, 0.4) is 0 Å². The highest BCUT2D eigenvalue weighted by Crippen LogP contribution is 2.24. The van der Waals surface area contributed by atoms with E-state index in [0.29, 0.717) is 0 Å². The second kappa shape index (κ2) is 5.11. The molecule has 1 aromatic heterocycles. The Morgan fingerprint density at radius 3 is 2.00 bits per heavy atom. The van der Waals surface area contributed by atoms with Crippen molar-refractivity contribution in [1.29, 1.82) is 0 Å². The molecule has 0 aliphatic carbocycles. The van der Waals surface area contributed by atoms with Gasteiger partial charge in [-0.05, 0) is 19.1 Å². The van der Waals surface area contributed by atoms with Crippen molar-refractivity contribution in [1.82, 2.24) is 0 Å². The van der Waals surface area contributed by atoms with E-state index >= 15 is 0 Å². The highest BCUT2D eigenvalue weighted by Gasteiger charge is 2.20. The summed E-state index contributed by atoms with van der Waals surface area (Å²) in [5.41, 5.74) is 2.21. The van der Waals surface area contributed by atoms with E-state index in [2.05, 4.69) is 42.0 Å². The normalized spacial score (nSPS) is 10.6. The monoisotopic (exact) mass is 250 g/mol. The average molecular weight is 250 g/mol. The third-order valence-corrected chi connectivity index (χ3v) is 3.16. The lowest BCUT2D eigenvalue weighted by Crippen LogP contribution is -2.31. The summed E-state index contributed by atoms with van der Waals surface area (Å²) in [5, 5.41) is 0. The summed E-state index contributed by atoms with van der Waals surface area (Å²) in [5.74, 6) is 1.81. The van der Waals surface area contributed by atoms with Crippen LogP contribution in [-0.4, -0.2) is 0 Å². The second-order valence-corrected chi connectivity index (χ2v) is 4.42. The standard InChI is InChI=1S/C17H16NO/c1-2-18-13-16(14-9-5-3-6-10-14)19-17(18)15-11-7-4-8-12-15/h3-13H,2H2,1H3/q+1. The van der Waals surface area contributed by atoms with Crippen molar-refractivity contribution >= 4 is 0 Å². The highest BCUT2D eigenvalue weighted by atomic mass is 16.4. The molecule has 0 aliphatic heterocycles. The lowest BCUT2D eigenvalue weighted by Gasteiger charge is -1.93. The van der Waals surface area contributed by atoms with E-state index in [0.717, 1.165) is 29.3 Å². The van der Waals surface area contributed by atoms with Crippen LogP contribution < -0.4 is 4.57 Å². The topological polar surface area (TPSA) is 17.0 Å². The molecule has 2 heteroatoms. The molecule has 0 atom stereocenters. The van der Waals surface area contributed by atoms with Gasteiger partial charge < -0.3 is 4.42 Å². The first-order valence-electron chi connectivity index (χ1n) is 6.52. The summed E-state index contributed by atoms with van der Waals surface area (Å²) < 4.78 is 8.18. The van der Waals surface area contributed by atoms with Crippen LogP contribution in [0.5, 0.6) is 0 Å². The van der Waals surface area contributed by atoms with E-state index in [1.165, 1.54) is 0 Å². The van der Waals surface area contributed by atoms with Crippen LogP contribution in [0.2, 0.25) is 0 Å². The highest BCUT2D eigenvalue weighted by molar-refractivity contribution is 5.58. The maximum absolute atomic E-state index is 6.04. The van der Waals surface area contributed by atoms with Gasteiger partial charge in [0.15, 0.2) is 0 Å². The number of aryl methyl sites for hydroxylation is 1. The maximum atomic E-state index is 6.04. The summed E-state index contributed by atoms with van der Waals surface area (Å²) >= 11 is 0. The Morgan fingerprint density at radius 1 is 0.842 bits per heavy atom. The molecule has 0 N–H and O–H groups in total. The molecule has 0 unspecified atom stereocenters. The number of rotatable bonds is 3. The summed E-state index contributed by atoms with van der Waals surface area (Å²) in [6, 6.07) is 20.4. The van der Waals surface area contributed by atoms with Gasteiger partial charge in [-0.15, -0.1) is 0 Å². The van der Waals surface area contributed by atoms with E-state index in [-0.39, 0.29) is 0 Å². The number of hydrogen-bond acceptors (Lipinski definition) is 1. The second-order valence-electron chi connectivity index (χ2n) is 4.42. The van der Waals surface area contributed by atoms with Crippen molar-refractivity contribution in [2.24, 2.45) is 0 Å². The summed E-state index contributed by atoms with van der Waals surface area (Å²) in [4.78, 5) is 0. The molecule has 0 saturated heterocycles.